The lowest BCUT2D eigenvalue weighted by atomic mass is 9.68. The maximum absolute atomic E-state index is 13.5. The summed E-state index contributed by atoms with van der Waals surface area (Å²) in [5, 5.41) is 0. The number of aromatic nitrogens is 2. The molecule has 1 aliphatic rings. The number of allylic oxidation sites excluding steroid dienone is 3. The van der Waals surface area contributed by atoms with Crippen LogP contribution >= 0.6 is 0 Å². The highest BCUT2D eigenvalue weighted by atomic mass is 19.4. The van der Waals surface area contributed by atoms with Crippen LogP contribution in [0.2, 0.25) is 0 Å². The first-order valence-corrected chi connectivity index (χ1v) is 5.37. The van der Waals surface area contributed by atoms with E-state index in [-0.39, 0.29) is 5.56 Å². The van der Waals surface area contributed by atoms with E-state index in [0.717, 1.165) is 30.9 Å². The molecule has 2 atom stereocenters. The fourth-order valence-electron chi connectivity index (χ4n) is 2.18. The van der Waals surface area contributed by atoms with Gasteiger partial charge in [0.1, 0.15) is 11.7 Å². The minimum absolute atomic E-state index is 0.216. The van der Waals surface area contributed by atoms with Crippen molar-refractivity contribution in [1.82, 2.24) is 9.97 Å². The van der Waals surface area contributed by atoms with E-state index in [4.69, 9.17) is 5.73 Å². The largest absolute Gasteiger partial charge is 0.403 e. The smallest absolute Gasteiger partial charge is 0.369 e. The van der Waals surface area contributed by atoms with Crippen LogP contribution in [0.15, 0.2) is 43.0 Å². The van der Waals surface area contributed by atoms with Gasteiger partial charge in [0.05, 0.1) is 5.92 Å². The van der Waals surface area contributed by atoms with Gasteiger partial charge in [-0.3, -0.25) is 4.79 Å². The first-order chi connectivity index (χ1) is 8.89. The van der Waals surface area contributed by atoms with Crippen molar-refractivity contribution in [3.63, 3.8) is 0 Å². The van der Waals surface area contributed by atoms with Gasteiger partial charge in [-0.05, 0) is 0 Å². The number of hydrogen-bond donors (Lipinski definition) is 1. The summed E-state index contributed by atoms with van der Waals surface area (Å²) in [7, 11) is 0. The predicted molar refractivity (Wildman–Crippen MR) is 60.7 cm³/mol. The van der Waals surface area contributed by atoms with Gasteiger partial charge in [-0.2, -0.15) is 13.2 Å². The molecule has 19 heavy (non-hydrogen) atoms. The molecule has 0 saturated heterocycles. The molecule has 100 valence electrons. The fraction of sp³-hybridized carbons (Fsp3) is 0.250. The quantitative estimate of drug-likeness (QED) is 0.884. The Kier molecular flexibility index (Phi) is 3.13. The van der Waals surface area contributed by atoms with Crippen LogP contribution in [0.1, 0.15) is 5.56 Å². The van der Waals surface area contributed by atoms with Crippen molar-refractivity contribution in [1.29, 1.82) is 0 Å². The molecule has 1 aliphatic carbocycles. The Morgan fingerprint density at radius 3 is 2.42 bits per heavy atom. The van der Waals surface area contributed by atoms with Crippen LogP contribution < -0.4 is 5.73 Å². The van der Waals surface area contributed by atoms with Gasteiger partial charge >= 0.3 is 6.18 Å². The molecule has 1 aromatic rings. The zero-order chi connectivity index (χ0) is 14.1. The standard InChI is InChI=1S/C12H10F3N3O/c13-12(14,15)11(8-5-17-7-18-6-8)4-2-1-3-9(11)10(16)19/h1-7,9H,(H2,16,19). The van der Waals surface area contributed by atoms with Gasteiger partial charge in [-0.25, -0.2) is 9.97 Å². The molecule has 7 heteroatoms. The van der Waals surface area contributed by atoms with Crippen molar-refractivity contribution in [2.45, 2.75) is 11.6 Å². The summed E-state index contributed by atoms with van der Waals surface area (Å²) in [5.74, 6) is -2.58. The number of hydrogen-bond acceptors (Lipinski definition) is 3. The van der Waals surface area contributed by atoms with E-state index in [9.17, 15) is 18.0 Å². The van der Waals surface area contributed by atoms with Gasteiger partial charge in [0.15, 0.2) is 0 Å². The maximum Gasteiger partial charge on any atom is 0.403 e. The monoisotopic (exact) mass is 269 g/mol. The Morgan fingerprint density at radius 1 is 1.26 bits per heavy atom. The van der Waals surface area contributed by atoms with Gasteiger partial charge in [0.25, 0.3) is 0 Å². The third kappa shape index (κ3) is 2.00. The van der Waals surface area contributed by atoms with Crippen molar-refractivity contribution in [3.8, 4) is 0 Å². The lowest BCUT2D eigenvalue weighted by Crippen LogP contribution is -2.51. The summed E-state index contributed by atoms with van der Waals surface area (Å²) in [6.45, 7) is 0. The van der Waals surface area contributed by atoms with Crippen LogP contribution in [0, 0.1) is 5.92 Å². The summed E-state index contributed by atoms with van der Waals surface area (Å²) >= 11 is 0. The van der Waals surface area contributed by atoms with Crippen LogP contribution in [-0.4, -0.2) is 22.1 Å². The van der Waals surface area contributed by atoms with Crippen molar-refractivity contribution < 1.29 is 18.0 Å². The van der Waals surface area contributed by atoms with E-state index in [0.29, 0.717) is 0 Å². The van der Waals surface area contributed by atoms with Crippen molar-refractivity contribution in [2.75, 3.05) is 0 Å². The summed E-state index contributed by atoms with van der Waals surface area (Å²) in [5.41, 5.74) is 2.38. The number of alkyl halides is 3. The molecule has 0 radical (unpaired) electrons. The van der Waals surface area contributed by atoms with Crippen molar-refractivity contribution in [3.05, 3.63) is 48.6 Å². The van der Waals surface area contributed by atoms with Crippen LogP contribution in [0.5, 0.6) is 0 Å². The van der Waals surface area contributed by atoms with E-state index >= 15 is 0 Å². The predicted octanol–water partition coefficient (Wildman–Crippen LogP) is 1.50. The molecule has 0 aliphatic heterocycles. The lowest BCUT2D eigenvalue weighted by Gasteiger charge is -2.38. The van der Waals surface area contributed by atoms with Crippen LogP contribution in [0.4, 0.5) is 13.2 Å². The van der Waals surface area contributed by atoms with Gasteiger partial charge in [-0.15, -0.1) is 0 Å². The topological polar surface area (TPSA) is 68.9 Å². The fourth-order valence-corrected chi connectivity index (χ4v) is 2.18. The molecular weight excluding hydrogens is 259 g/mol. The molecule has 2 unspecified atom stereocenters. The number of carbonyl (C=O) groups excluding carboxylic acids is 1. The minimum atomic E-state index is -4.70. The second kappa shape index (κ2) is 4.49. The van der Waals surface area contributed by atoms with Gasteiger partial charge in [0, 0.05) is 18.0 Å². The highest BCUT2D eigenvalue weighted by molar-refractivity contribution is 5.82. The van der Waals surface area contributed by atoms with Crippen LogP contribution in [-0.2, 0) is 10.2 Å². The highest BCUT2D eigenvalue weighted by Crippen LogP contribution is 2.49. The molecule has 0 aromatic carbocycles. The Bertz CT molecular complexity index is 539. The van der Waals surface area contributed by atoms with Gasteiger partial charge < -0.3 is 5.73 Å². The molecule has 0 fully saturated rings. The number of carbonyl (C=O) groups is 1. The molecule has 2 N–H and O–H groups in total. The molecule has 1 heterocycles. The number of halogens is 3. The molecule has 1 aromatic heterocycles. The van der Waals surface area contributed by atoms with Crippen LogP contribution in [0.25, 0.3) is 0 Å². The zero-order valence-electron chi connectivity index (χ0n) is 9.63. The zero-order valence-corrected chi connectivity index (χ0v) is 9.63. The summed E-state index contributed by atoms with van der Waals surface area (Å²) < 4.78 is 40.6. The lowest BCUT2D eigenvalue weighted by molar-refractivity contribution is -0.188. The number of primary amides is 1. The number of nitrogens with zero attached hydrogens (tertiary/aromatic N) is 2. The molecule has 0 bridgehead atoms. The average Bonchev–Trinajstić information content (AvgIpc) is 2.38. The van der Waals surface area contributed by atoms with Crippen molar-refractivity contribution in [2.24, 2.45) is 11.7 Å². The Balaban J connectivity index is 2.68. The molecular formula is C12H10F3N3O. The summed E-state index contributed by atoms with van der Waals surface area (Å²) in [4.78, 5) is 18.6. The first-order valence-electron chi connectivity index (χ1n) is 5.37. The van der Waals surface area contributed by atoms with E-state index < -0.39 is 23.4 Å². The molecule has 0 spiro atoms. The Hall–Kier alpha value is -2.18. The molecule has 1 amide bonds. The third-order valence-corrected chi connectivity index (χ3v) is 3.08. The molecule has 2 rings (SSSR count). The average molecular weight is 269 g/mol. The second-order valence-electron chi connectivity index (χ2n) is 4.12. The maximum atomic E-state index is 13.5. The van der Waals surface area contributed by atoms with Crippen molar-refractivity contribution >= 4 is 5.91 Å². The molecule has 0 saturated carbocycles. The normalized spacial score (nSPS) is 26.4. The second-order valence-corrected chi connectivity index (χ2v) is 4.12. The number of nitrogens with two attached hydrogens (primary N) is 1. The van der Waals surface area contributed by atoms with Gasteiger partial charge in [0.2, 0.25) is 5.91 Å². The number of amides is 1. The Morgan fingerprint density at radius 2 is 1.89 bits per heavy atom. The minimum Gasteiger partial charge on any atom is -0.369 e. The summed E-state index contributed by atoms with van der Waals surface area (Å²) in [6.07, 6.45) is 3.17. The molecule has 4 nitrogen and oxygen atoms in total. The third-order valence-electron chi connectivity index (χ3n) is 3.08. The highest BCUT2D eigenvalue weighted by Gasteiger charge is 2.60. The van der Waals surface area contributed by atoms with E-state index in [2.05, 4.69) is 9.97 Å². The van der Waals surface area contributed by atoms with E-state index in [1.54, 1.807) is 0 Å². The summed E-state index contributed by atoms with van der Waals surface area (Å²) in [6, 6.07) is 0. The van der Waals surface area contributed by atoms with Crippen LogP contribution in [0.3, 0.4) is 0 Å². The first kappa shape index (κ1) is 13.3. The number of rotatable bonds is 2. The SMILES string of the molecule is NC(=O)C1C=CC=CC1(c1cncnc1)C(F)(F)F. The van der Waals surface area contributed by atoms with Gasteiger partial charge in [-0.1, -0.05) is 24.3 Å². The van der Waals surface area contributed by atoms with E-state index in [1.165, 1.54) is 12.2 Å². The van der Waals surface area contributed by atoms with E-state index in [1.807, 2.05) is 0 Å². The Labute approximate surface area is 106 Å².